The Labute approximate surface area is 196 Å². The van der Waals surface area contributed by atoms with Gasteiger partial charge in [0.25, 0.3) is 11.6 Å². The van der Waals surface area contributed by atoms with E-state index < -0.39 is 28.2 Å². The summed E-state index contributed by atoms with van der Waals surface area (Å²) in [5, 5.41) is 11.4. The molecule has 4 aliphatic heterocycles. The number of rotatable bonds is 3. The summed E-state index contributed by atoms with van der Waals surface area (Å²) in [7, 11) is 0. The zero-order valence-electron chi connectivity index (χ0n) is 18.9. The lowest BCUT2D eigenvalue weighted by Crippen LogP contribution is -2.56. The Morgan fingerprint density at radius 3 is 2.59 bits per heavy atom. The highest BCUT2D eigenvalue weighted by Crippen LogP contribution is 2.61. The van der Waals surface area contributed by atoms with Gasteiger partial charge in [0.15, 0.2) is 0 Å². The molecule has 3 fully saturated rings. The number of aryl methyl sites for hydroxylation is 1. The maximum Gasteiger partial charge on any atom is 0.271 e. The van der Waals surface area contributed by atoms with Crippen molar-refractivity contribution in [2.75, 3.05) is 22.9 Å². The summed E-state index contributed by atoms with van der Waals surface area (Å²) in [6.07, 6.45) is 1.57. The van der Waals surface area contributed by atoms with E-state index in [1.807, 2.05) is 31.2 Å². The lowest BCUT2D eigenvalue weighted by Gasteiger charge is -2.37. The van der Waals surface area contributed by atoms with E-state index in [-0.39, 0.29) is 29.2 Å². The molecule has 4 aliphatic rings. The molecule has 9 heteroatoms. The van der Waals surface area contributed by atoms with Crippen LogP contribution in [0.3, 0.4) is 0 Å². The SMILES string of the molecule is CCN1C(=O)[C@@]2(c3ccccc31)[C@H]1C(=O)N(c3cc([N+](=O)[O-])ccc3C)C(=O)[C@@H]1[C@H]1CCCN12. The number of para-hydroxylation sites is 1. The molecule has 0 N–H and O–H groups in total. The number of nitro groups is 1. The third-order valence-corrected chi connectivity index (χ3v) is 8.11. The lowest BCUT2D eigenvalue weighted by molar-refractivity contribution is -0.384. The monoisotopic (exact) mass is 460 g/mol. The van der Waals surface area contributed by atoms with Gasteiger partial charge in [-0.2, -0.15) is 0 Å². The van der Waals surface area contributed by atoms with Crippen LogP contribution in [0.2, 0.25) is 0 Å². The largest absolute Gasteiger partial charge is 0.310 e. The molecule has 0 radical (unpaired) electrons. The van der Waals surface area contributed by atoms with Gasteiger partial charge in [-0.05, 0) is 44.9 Å². The first-order valence-electron chi connectivity index (χ1n) is 11.6. The van der Waals surface area contributed by atoms with Crippen molar-refractivity contribution in [3.8, 4) is 0 Å². The van der Waals surface area contributed by atoms with E-state index in [2.05, 4.69) is 4.90 Å². The molecule has 174 valence electrons. The van der Waals surface area contributed by atoms with Crippen molar-refractivity contribution in [3.05, 3.63) is 63.7 Å². The second-order valence-corrected chi connectivity index (χ2v) is 9.48. The van der Waals surface area contributed by atoms with Crippen LogP contribution in [-0.4, -0.2) is 46.7 Å². The lowest BCUT2D eigenvalue weighted by atomic mass is 9.75. The average molecular weight is 460 g/mol. The minimum atomic E-state index is -1.23. The summed E-state index contributed by atoms with van der Waals surface area (Å²) in [5.41, 5.74) is 0.970. The van der Waals surface area contributed by atoms with Crippen molar-refractivity contribution in [1.82, 2.24) is 4.90 Å². The number of amides is 3. The first-order valence-corrected chi connectivity index (χ1v) is 11.6. The van der Waals surface area contributed by atoms with Gasteiger partial charge in [0.05, 0.1) is 22.4 Å². The standard InChI is InChI=1S/C25H24N4O5/c1-3-26-17-8-5-4-7-16(17)25(24(26)32)21-20(18-9-6-12-27(18)25)22(30)28(23(21)31)19-13-15(29(33)34)11-10-14(19)2/h4-5,7-8,10-11,13,18,20-21H,3,6,9,12H2,1-2H3/t18-,20-,21-,25-/m1/s1. The fraction of sp³-hybridized carbons (Fsp3) is 0.400. The number of nitro benzene ring substituents is 1. The summed E-state index contributed by atoms with van der Waals surface area (Å²) in [6.45, 7) is 4.73. The van der Waals surface area contributed by atoms with E-state index in [1.165, 1.54) is 12.1 Å². The van der Waals surface area contributed by atoms with Crippen LogP contribution in [0.15, 0.2) is 42.5 Å². The van der Waals surface area contributed by atoms with E-state index in [9.17, 15) is 24.5 Å². The van der Waals surface area contributed by atoms with Crippen LogP contribution in [0.4, 0.5) is 17.1 Å². The van der Waals surface area contributed by atoms with Crippen LogP contribution < -0.4 is 9.80 Å². The minimum Gasteiger partial charge on any atom is -0.310 e. The molecule has 4 atom stereocenters. The van der Waals surface area contributed by atoms with E-state index in [4.69, 9.17) is 0 Å². The number of hydrogen-bond donors (Lipinski definition) is 0. The number of fused-ring (bicyclic) bond motifs is 7. The molecule has 34 heavy (non-hydrogen) atoms. The van der Waals surface area contributed by atoms with Crippen molar-refractivity contribution >= 4 is 34.8 Å². The van der Waals surface area contributed by atoms with Crippen LogP contribution in [-0.2, 0) is 19.9 Å². The van der Waals surface area contributed by atoms with Gasteiger partial charge >= 0.3 is 0 Å². The predicted octanol–water partition coefficient (Wildman–Crippen LogP) is 2.75. The summed E-state index contributed by atoms with van der Waals surface area (Å²) < 4.78 is 0. The number of benzene rings is 2. The first-order chi connectivity index (χ1) is 16.3. The number of imide groups is 1. The van der Waals surface area contributed by atoms with Gasteiger partial charge in [-0.25, -0.2) is 4.90 Å². The normalized spacial score (nSPS) is 29.8. The van der Waals surface area contributed by atoms with Crippen molar-refractivity contribution in [3.63, 3.8) is 0 Å². The molecule has 9 nitrogen and oxygen atoms in total. The molecule has 0 bridgehead atoms. The Morgan fingerprint density at radius 2 is 1.85 bits per heavy atom. The number of likely N-dealkylation sites (N-methyl/N-ethyl adjacent to an activating group) is 1. The summed E-state index contributed by atoms with van der Waals surface area (Å²) >= 11 is 0. The van der Waals surface area contributed by atoms with E-state index in [0.717, 1.165) is 29.0 Å². The highest BCUT2D eigenvalue weighted by atomic mass is 16.6. The minimum absolute atomic E-state index is 0.158. The molecule has 0 saturated carbocycles. The number of nitrogens with zero attached hydrogens (tertiary/aromatic N) is 4. The molecule has 0 aliphatic carbocycles. The number of non-ortho nitro benzene ring substituents is 1. The number of hydrogen-bond acceptors (Lipinski definition) is 6. The molecule has 0 unspecified atom stereocenters. The Hall–Kier alpha value is -3.59. The summed E-state index contributed by atoms with van der Waals surface area (Å²) in [5.74, 6) is -2.51. The van der Waals surface area contributed by atoms with Gasteiger partial charge < -0.3 is 4.90 Å². The molecular weight excluding hydrogens is 436 g/mol. The predicted molar refractivity (Wildman–Crippen MR) is 123 cm³/mol. The van der Waals surface area contributed by atoms with Gasteiger partial charge in [-0.3, -0.25) is 29.4 Å². The van der Waals surface area contributed by atoms with Gasteiger partial charge in [-0.15, -0.1) is 0 Å². The van der Waals surface area contributed by atoms with Gasteiger partial charge in [0.2, 0.25) is 11.8 Å². The van der Waals surface area contributed by atoms with E-state index >= 15 is 0 Å². The Balaban J connectivity index is 1.56. The van der Waals surface area contributed by atoms with Crippen LogP contribution in [0.25, 0.3) is 0 Å². The zero-order valence-corrected chi connectivity index (χ0v) is 18.9. The molecule has 4 heterocycles. The zero-order chi connectivity index (χ0) is 23.9. The highest BCUT2D eigenvalue weighted by molar-refractivity contribution is 6.26. The third kappa shape index (κ3) is 2.30. The molecule has 2 aromatic rings. The molecule has 2 aromatic carbocycles. The number of carbonyl (C=O) groups excluding carboxylic acids is 3. The quantitative estimate of drug-likeness (QED) is 0.396. The molecule has 0 aromatic heterocycles. The summed E-state index contributed by atoms with van der Waals surface area (Å²) in [6, 6.07) is 11.5. The Bertz CT molecular complexity index is 1290. The average Bonchev–Trinajstić information content (AvgIpc) is 3.52. The molecule has 6 rings (SSSR count). The first kappa shape index (κ1) is 21.0. The van der Waals surface area contributed by atoms with Crippen LogP contribution in [0, 0.1) is 28.9 Å². The van der Waals surface area contributed by atoms with Crippen molar-refractivity contribution in [2.45, 2.75) is 38.3 Å². The second-order valence-electron chi connectivity index (χ2n) is 9.48. The van der Waals surface area contributed by atoms with E-state index in [0.29, 0.717) is 18.7 Å². The molecule has 3 saturated heterocycles. The molecule has 3 amide bonds. The Kier molecular flexibility index (Phi) is 4.29. The maximum atomic E-state index is 14.1. The van der Waals surface area contributed by atoms with Crippen LogP contribution >= 0.6 is 0 Å². The third-order valence-electron chi connectivity index (χ3n) is 8.11. The number of carbonyl (C=O) groups is 3. The van der Waals surface area contributed by atoms with Crippen LogP contribution in [0.5, 0.6) is 0 Å². The topological polar surface area (TPSA) is 104 Å². The smallest absolute Gasteiger partial charge is 0.271 e. The fourth-order valence-electron chi connectivity index (χ4n) is 6.84. The second kappa shape index (κ2) is 6.96. The molecule has 1 spiro atoms. The van der Waals surface area contributed by atoms with Crippen molar-refractivity contribution < 1.29 is 19.3 Å². The number of anilines is 2. The van der Waals surface area contributed by atoms with E-state index in [1.54, 1.807) is 17.9 Å². The fourth-order valence-corrected chi connectivity index (χ4v) is 6.84. The molecular formula is C25H24N4O5. The van der Waals surface area contributed by atoms with Gasteiger partial charge in [0.1, 0.15) is 5.54 Å². The highest BCUT2D eigenvalue weighted by Gasteiger charge is 2.75. The van der Waals surface area contributed by atoms with Crippen molar-refractivity contribution in [2.24, 2.45) is 11.8 Å². The Morgan fingerprint density at radius 1 is 1.09 bits per heavy atom. The van der Waals surface area contributed by atoms with Crippen LogP contribution in [0.1, 0.15) is 30.9 Å². The van der Waals surface area contributed by atoms with Gasteiger partial charge in [0, 0.05) is 36.0 Å². The maximum absolute atomic E-state index is 14.1. The summed E-state index contributed by atoms with van der Waals surface area (Å²) in [4.78, 5) is 57.9. The van der Waals surface area contributed by atoms with Crippen molar-refractivity contribution in [1.29, 1.82) is 0 Å². The van der Waals surface area contributed by atoms with Gasteiger partial charge in [-0.1, -0.05) is 24.3 Å².